The predicted octanol–water partition coefficient (Wildman–Crippen LogP) is 3.56. The number of benzene rings is 2. The number of halogens is 2. The SMILES string of the molecule is OC(c1ccccc1)c1cccc(Cl)c1F. The molecule has 1 atom stereocenters. The van der Waals surface area contributed by atoms with Gasteiger partial charge in [-0.3, -0.25) is 0 Å². The maximum atomic E-state index is 13.6. The van der Waals surface area contributed by atoms with Crippen LogP contribution in [0, 0.1) is 5.82 Å². The fourth-order valence-electron chi connectivity index (χ4n) is 1.55. The molecular formula is C13H10ClFO. The van der Waals surface area contributed by atoms with Crippen LogP contribution >= 0.6 is 11.6 Å². The van der Waals surface area contributed by atoms with Crippen molar-refractivity contribution in [1.82, 2.24) is 0 Å². The van der Waals surface area contributed by atoms with Gasteiger partial charge < -0.3 is 5.11 Å². The first-order valence-electron chi connectivity index (χ1n) is 4.87. The van der Waals surface area contributed by atoms with E-state index in [2.05, 4.69) is 0 Å². The van der Waals surface area contributed by atoms with E-state index in [0.29, 0.717) is 5.56 Å². The normalized spacial score (nSPS) is 12.4. The molecule has 0 aliphatic carbocycles. The first-order chi connectivity index (χ1) is 7.70. The molecule has 0 spiro atoms. The van der Waals surface area contributed by atoms with Crippen LogP contribution < -0.4 is 0 Å². The molecule has 2 rings (SSSR count). The standard InChI is InChI=1S/C13H10ClFO/c14-11-8-4-7-10(12(11)15)13(16)9-5-2-1-3-6-9/h1-8,13,16H. The van der Waals surface area contributed by atoms with Gasteiger partial charge in [-0.1, -0.05) is 54.1 Å². The van der Waals surface area contributed by atoms with Gasteiger partial charge in [0.25, 0.3) is 0 Å². The largest absolute Gasteiger partial charge is 0.384 e. The number of hydrogen-bond donors (Lipinski definition) is 1. The first-order valence-corrected chi connectivity index (χ1v) is 5.25. The van der Waals surface area contributed by atoms with Crippen molar-refractivity contribution in [3.8, 4) is 0 Å². The quantitative estimate of drug-likeness (QED) is 0.845. The van der Waals surface area contributed by atoms with Crippen LogP contribution in [0.4, 0.5) is 4.39 Å². The third-order valence-electron chi connectivity index (χ3n) is 2.39. The Kier molecular flexibility index (Phi) is 3.22. The maximum Gasteiger partial charge on any atom is 0.147 e. The van der Waals surface area contributed by atoms with Crippen molar-refractivity contribution in [2.75, 3.05) is 0 Å². The lowest BCUT2D eigenvalue weighted by Gasteiger charge is -2.12. The van der Waals surface area contributed by atoms with Gasteiger partial charge in [-0.25, -0.2) is 4.39 Å². The minimum atomic E-state index is -0.986. The molecule has 0 amide bonds. The van der Waals surface area contributed by atoms with Gasteiger partial charge in [-0.2, -0.15) is 0 Å². The summed E-state index contributed by atoms with van der Waals surface area (Å²) in [7, 11) is 0. The second-order valence-electron chi connectivity index (χ2n) is 3.46. The lowest BCUT2D eigenvalue weighted by Crippen LogP contribution is -2.02. The Balaban J connectivity index is 2.42. The van der Waals surface area contributed by atoms with E-state index in [1.165, 1.54) is 12.1 Å². The molecule has 0 radical (unpaired) electrons. The van der Waals surface area contributed by atoms with Crippen molar-refractivity contribution in [2.24, 2.45) is 0 Å². The van der Waals surface area contributed by atoms with Gasteiger partial charge in [0.1, 0.15) is 11.9 Å². The molecule has 1 nitrogen and oxygen atoms in total. The monoisotopic (exact) mass is 236 g/mol. The Morgan fingerprint density at radius 1 is 1.00 bits per heavy atom. The molecule has 1 unspecified atom stereocenters. The Hall–Kier alpha value is -1.38. The lowest BCUT2D eigenvalue weighted by atomic mass is 10.0. The van der Waals surface area contributed by atoms with Crippen LogP contribution in [0.2, 0.25) is 5.02 Å². The lowest BCUT2D eigenvalue weighted by molar-refractivity contribution is 0.215. The summed E-state index contributed by atoms with van der Waals surface area (Å²) in [4.78, 5) is 0. The Morgan fingerprint density at radius 3 is 2.38 bits per heavy atom. The summed E-state index contributed by atoms with van der Waals surface area (Å²) in [5.74, 6) is -0.569. The van der Waals surface area contributed by atoms with Crippen LogP contribution in [-0.2, 0) is 0 Å². The molecule has 0 aliphatic heterocycles. The molecule has 2 aromatic carbocycles. The van der Waals surface area contributed by atoms with Crippen LogP contribution in [0.1, 0.15) is 17.2 Å². The topological polar surface area (TPSA) is 20.2 Å². The van der Waals surface area contributed by atoms with E-state index in [1.807, 2.05) is 6.07 Å². The van der Waals surface area contributed by atoms with E-state index >= 15 is 0 Å². The summed E-state index contributed by atoms with van der Waals surface area (Å²) in [6, 6.07) is 13.5. The molecule has 0 aliphatic rings. The molecule has 0 aromatic heterocycles. The third kappa shape index (κ3) is 2.08. The molecule has 1 N–H and O–H groups in total. The highest BCUT2D eigenvalue weighted by Crippen LogP contribution is 2.27. The minimum absolute atomic E-state index is 0.0208. The third-order valence-corrected chi connectivity index (χ3v) is 2.68. The van der Waals surface area contributed by atoms with E-state index in [9.17, 15) is 9.50 Å². The summed E-state index contributed by atoms with van der Waals surface area (Å²) >= 11 is 5.66. The zero-order valence-electron chi connectivity index (χ0n) is 8.40. The average molecular weight is 237 g/mol. The average Bonchev–Trinajstić information content (AvgIpc) is 2.33. The smallest absolute Gasteiger partial charge is 0.147 e. The zero-order valence-corrected chi connectivity index (χ0v) is 9.16. The molecule has 82 valence electrons. The van der Waals surface area contributed by atoms with Gasteiger partial charge in [0.2, 0.25) is 0 Å². The van der Waals surface area contributed by atoms with E-state index in [4.69, 9.17) is 11.6 Å². The number of aliphatic hydroxyl groups excluding tert-OH is 1. The van der Waals surface area contributed by atoms with Gasteiger partial charge in [0, 0.05) is 5.56 Å². The highest BCUT2D eigenvalue weighted by Gasteiger charge is 2.16. The molecular weight excluding hydrogens is 227 g/mol. The van der Waals surface area contributed by atoms with Gasteiger partial charge in [-0.15, -0.1) is 0 Å². The van der Waals surface area contributed by atoms with Crippen molar-refractivity contribution in [3.63, 3.8) is 0 Å². The summed E-state index contributed by atoms with van der Waals surface area (Å²) < 4.78 is 13.6. The molecule has 16 heavy (non-hydrogen) atoms. The number of hydrogen-bond acceptors (Lipinski definition) is 1. The summed E-state index contributed by atoms with van der Waals surface area (Å²) in [6.07, 6.45) is -0.986. The van der Waals surface area contributed by atoms with Crippen LogP contribution in [0.15, 0.2) is 48.5 Å². The van der Waals surface area contributed by atoms with Crippen molar-refractivity contribution in [1.29, 1.82) is 0 Å². The van der Waals surface area contributed by atoms with Gasteiger partial charge in [-0.05, 0) is 11.6 Å². The molecule has 3 heteroatoms. The van der Waals surface area contributed by atoms with Crippen molar-refractivity contribution >= 4 is 11.6 Å². The molecule has 0 heterocycles. The molecule has 0 bridgehead atoms. The minimum Gasteiger partial charge on any atom is -0.384 e. The molecule has 0 saturated carbocycles. The van der Waals surface area contributed by atoms with Crippen molar-refractivity contribution < 1.29 is 9.50 Å². The Bertz CT molecular complexity index is 485. The fraction of sp³-hybridized carbons (Fsp3) is 0.0769. The highest BCUT2D eigenvalue weighted by molar-refractivity contribution is 6.30. The van der Waals surface area contributed by atoms with Crippen LogP contribution in [0.25, 0.3) is 0 Å². The summed E-state index contributed by atoms with van der Waals surface area (Å²) in [5, 5.41) is 10.0. The van der Waals surface area contributed by atoms with Crippen LogP contribution in [0.3, 0.4) is 0 Å². The highest BCUT2D eigenvalue weighted by atomic mass is 35.5. The zero-order chi connectivity index (χ0) is 11.5. The van der Waals surface area contributed by atoms with E-state index in [-0.39, 0.29) is 10.6 Å². The van der Waals surface area contributed by atoms with E-state index in [1.54, 1.807) is 30.3 Å². The Morgan fingerprint density at radius 2 is 1.69 bits per heavy atom. The molecule has 2 aromatic rings. The number of aliphatic hydroxyl groups is 1. The Labute approximate surface area is 98.1 Å². The number of rotatable bonds is 2. The van der Waals surface area contributed by atoms with Gasteiger partial charge in [0.15, 0.2) is 0 Å². The molecule has 0 fully saturated rings. The van der Waals surface area contributed by atoms with Crippen molar-refractivity contribution in [2.45, 2.75) is 6.10 Å². The van der Waals surface area contributed by atoms with Gasteiger partial charge in [0.05, 0.1) is 5.02 Å². The second kappa shape index (κ2) is 4.64. The van der Waals surface area contributed by atoms with E-state index in [0.717, 1.165) is 0 Å². The maximum absolute atomic E-state index is 13.6. The van der Waals surface area contributed by atoms with Crippen LogP contribution in [-0.4, -0.2) is 5.11 Å². The van der Waals surface area contributed by atoms with Crippen molar-refractivity contribution in [3.05, 3.63) is 70.5 Å². The second-order valence-corrected chi connectivity index (χ2v) is 3.86. The van der Waals surface area contributed by atoms with Crippen LogP contribution in [0.5, 0.6) is 0 Å². The summed E-state index contributed by atoms with van der Waals surface area (Å²) in [6.45, 7) is 0. The fourth-order valence-corrected chi connectivity index (χ4v) is 1.73. The molecule has 0 saturated heterocycles. The summed E-state index contributed by atoms with van der Waals surface area (Å²) in [5.41, 5.74) is 0.836. The van der Waals surface area contributed by atoms with E-state index < -0.39 is 11.9 Å². The first kappa shape index (κ1) is 11.1. The predicted molar refractivity (Wildman–Crippen MR) is 61.9 cm³/mol. The van der Waals surface area contributed by atoms with Gasteiger partial charge >= 0.3 is 0 Å².